The van der Waals surface area contributed by atoms with Gasteiger partial charge in [-0.25, -0.2) is 4.79 Å². The fourth-order valence-electron chi connectivity index (χ4n) is 4.42. The van der Waals surface area contributed by atoms with E-state index >= 15 is 0 Å². The normalized spacial score (nSPS) is 35.7. The van der Waals surface area contributed by atoms with Crippen molar-refractivity contribution in [2.75, 3.05) is 26.7 Å². The van der Waals surface area contributed by atoms with Gasteiger partial charge in [0.1, 0.15) is 12.4 Å². The van der Waals surface area contributed by atoms with Crippen LogP contribution in [0, 0.1) is 17.3 Å². The van der Waals surface area contributed by atoms with Crippen LogP contribution >= 0.6 is 0 Å². The van der Waals surface area contributed by atoms with Crippen LogP contribution in [0.2, 0.25) is 0 Å². The topological polar surface area (TPSA) is 110 Å². The van der Waals surface area contributed by atoms with E-state index < -0.39 is 40.7 Å². The van der Waals surface area contributed by atoms with Gasteiger partial charge in [0.05, 0.1) is 0 Å². The molecule has 2 aliphatic rings. The first-order valence-electron chi connectivity index (χ1n) is 11.4. The van der Waals surface area contributed by atoms with E-state index in [1.54, 1.807) is 26.8 Å². The van der Waals surface area contributed by atoms with Crippen molar-refractivity contribution in [3.05, 3.63) is 11.8 Å². The molecule has 32 heavy (non-hydrogen) atoms. The molecule has 2 bridgehead atoms. The third-order valence-corrected chi connectivity index (χ3v) is 7.24. The molecule has 1 saturated heterocycles. The van der Waals surface area contributed by atoms with Gasteiger partial charge in [0.15, 0.2) is 23.2 Å². The van der Waals surface area contributed by atoms with Gasteiger partial charge in [0, 0.05) is 31.3 Å². The number of ether oxygens (including phenoxy) is 2. The molecule has 0 aromatic heterocycles. The summed E-state index contributed by atoms with van der Waals surface area (Å²) in [5.74, 6) is -2.96. The minimum atomic E-state index is -1.90. The number of carbonyl (C=O) groups is 4. The molecule has 8 heteroatoms. The number of ketones is 3. The van der Waals surface area contributed by atoms with Crippen molar-refractivity contribution in [3.8, 4) is 0 Å². The molecular weight excluding hydrogens is 414 g/mol. The van der Waals surface area contributed by atoms with Crippen LogP contribution in [-0.4, -0.2) is 71.8 Å². The molecule has 0 aromatic carbocycles. The fourth-order valence-corrected chi connectivity index (χ4v) is 4.42. The highest BCUT2D eigenvalue weighted by Crippen LogP contribution is 2.41. The lowest BCUT2D eigenvalue weighted by atomic mass is 9.66. The highest BCUT2D eigenvalue weighted by atomic mass is 16.6. The summed E-state index contributed by atoms with van der Waals surface area (Å²) in [7, 11) is 1.86. The average Bonchev–Trinajstić information content (AvgIpc) is 2.72. The zero-order valence-corrected chi connectivity index (χ0v) is 20.1. The van der Waals surface area contributed by atoms with Gasteiger partial charge in [-0.3, -0.25) is 14.4 Å². The number of aliphatic hydroxyl groups is 1. The van der Waals surface area contributed by atoms with Crippen LogP contribution in [0.4, 0.5) is 0 Å². The summed E-state index contributed by atoms with van der Waals surface area (Å²) in [4.78, 5) is 53.6. The van der Waals surface area contributed by atoms with Gasteiger partial charge in [-0.2, -0.15) is 0 Å². The number of Topliss-reactive ketones (excluding diaryl/α,β-unsaturated/α-hetero) is 3. The molecule has 1 N–H and O–H groups in total. The van der Waals surface area contributed by atoms with E-state index in [1.807, 2.05) is 18.9 Å². The lowest BCUT2D eigenvalue weighted by Crippen LogP contribution is -2.52. The Bertz CT molecular complexity index is 791. The number of hydrogen-bond donors (Lipinski definition) is 1. The highest BCUT2D eigenvalue weighted by Gasteiger charge is 2.50. The van der Waals surface area contributed by atoms with Gasteiger partial charge in [-0.1, -0.05) is 34.1 Å². The summed E-state index contributed by atoms with van der Waals surface area (Å²) in [6.45, 7) is 8.98. The van der Waals surface area contributed by atoms with Gasteiger partial charge in [0.2, 0.25) is 5.78 Å². The molecule has 180 valence electrons. The Labute approximate surface area is 190 Å². The van der Waals surface area contributed by atoms with Crippen molar-refractivity contribution in [2.24, 2.45) is 17.3 Å². The van der Waals surface area contributed by atoms with E-state index in [1.165, 1.54) is 6.92 Å². The monoisotopic (exact) mass is 451 g/mol. The maximum absolute atomic E-state index is 13.3. The number of esters is 1. The molecule has 0 aromatic rings. The molecule has 0 amide bonds. The van der Waals surface area contributed by atoms with Gasteiger partial charge in [-0.15, -0.1) is 0 Å². The van der Waals surface area contributed by atoms with Gasteiger partial charge in [-0.05, 0) is 38.3 Å². The minimum Gasteiger partial charge on any atom is -0.482 e. The van der Waals surface area contributed by atoms with E-state index in [-0.39, 0.29) is 43.2 Å². The Morgan fingerprint density at radius 3 is 2.59 bits per heavy atom. The Morgan fingerprint density at radius 1 is 1.34 bits per heavy atom. The van der Waals surface area contributed by atoms with Crippen LogP contribution in [0.15, 0.2) is 11.8 Å². The Kier molecular flexibility index (Phi) is 8.39. The minimum absolute atomic E-state index is 0.0341. The quantitative estimate of drug-likeness (QED) is 0.647. The highest BCUT2D eigenvalue weighted by molar-refractivity contribution is 5.99. The van der Waals surface area contributed by atoms with E-state index in [0.717, 1.165) is 0 Å². The first-order valence-corrected chi connectivity index (χ1v) is 11.4. The van der Waals surface area contributed by atoms with Crippen LogP contribution in [0.5, 0.6) is 0 Å². The molecule has 0 aliphatic carbocycles. The van der Waals surface area contributed by atoms with Crippen molar-refractivity contribution in [1.82, 2.24) is 4.90 Å². The summed E-state index contributed by atoms with van der Waals surface area (Å²) in [6, 6.07) is 0. The molecular formula is C24H37NO7. The zero-order chi connectivity index (χ0) is 24.3. The molecule has 5 unspecified atom stereocenters. The molecule has 2 aliphatic heterocycles. The lowest BCUT2D eigenvalue weighted by molar-refractivity contribution is -0.184. The van der Waals surface area contributed by atoms with E-state index in [9.17, 15) is 24.3 Å². The van der Waals surface area contributed by atoms with Crippen LogP contribution in [0.3, 0.4) is 0 Å². The summed E-state index contributed by atoms with van der Waals surface area (Å²) >= 11 is 0. The second-order valence-corrected chi connectivity index (χ2v) is 9.72. The maximum Gasteiger partial charge on any atom is 0.339 e. The number of hydrogen-bond acceptors (Lipinski definition) is 8. The van der Waals surface area contributed by atoms with Crippen molar-refractivity contribution in [3.63, 3.8) is 0 Å². The van der Waals surface area contributed by atoms with Crippen molar-refractivity contribution in [1.29, 1.82) is 0 Å². The summed E-state index contributed by atoms with van der Waals surface area (Å²) in [5.41, 5.74) is -3.07. The molecule has 2 heterocycles. The molecule has 5 atom stereocenters. The number of likely N-dealkylation sites (N-methyl/N-ethyl adjacent to an activating group) is 1. The third kappa shape index (κ3) is 5.46. The van der Waals surface area contributed by atoms with Crippen molar-refractivity contribution >= 4 is 23.3 Å². The zero-order valence-electron chi connectivity index (χ0n) is 20.1. The second kappa shape index (κ2) is 10.3. The molecule has 0 spiro atoms. The SMILES string of the molecule is CCC(C)C1(O)CC(C)C(C)(CC(C)=O)C(=O)CO/C2=C/CN(C)CCC(OC1=O)C2=O. The van der Waals surface area contributed by atoms with E-state index in [2.05, 4.69) is 0 Å². The predicted molar refractivity (Wildman–Crippen MR) is 118 cm³/mol. The maximum atomic E-state index is 13.3. The first kappa shape index (κ1) is 26.2. The lowest BCUT2D eigenvalue weighted by Gasteiger charge is -2.41. The van der Waals surface area contributed by atoms with Gasteiger partial charge < -0.3 is 19.5 Å². The summed E-state index contributed by atoms with van der Waals surface area (Å²) in [6.07, 6.45) is 1.09. The first-order chi connectivity index (χ1) is 14.8. The second-order valence-electron chi connectivity index (χ2n) is 9.72. The largest absolute Gasteiger partial charge is 0.482 e. The van der Waals surface area contributed by atoms with Crippen LogP contribution < -0.4 is 0 Å². The standard InChI is InChI=1S/C24H37NO7/c1-7-15(2)24(30)12-16(3)23(5,13-17(4)26)20(27)14-31-18-8-10-25(6)11-9-19(21(18)28)32-22(24)29/h8,15-16,19,30H,7,9-14H2,1-6H3/b18-8+. The van der Waals surface area contributed by atoms with Crippen molar-refractivity contribution < 1.29 is 33.8 Å². The Morgan fingerprint density at radius 2 is 2.00 bits per heavy atom. The van der Waals surface area contributed by atoms with Crippen molar-refractivity contribution in [2.45, 2.75) is 72.0 Å². The summed E-state index contributed by atoms with van der Waals surface area (Å²) in [5, 5.41) is 11.5. The third-order valence-electron chi connectivity index (χ3n) is 7.24. The number of carbonyl (C=O) groups excluding carboxylic acids is 4. The number of fused-ring (bicyclic) bond motifs is 2. The van der Waals surface area contributed by atoms with Crippen LogP contribution in [0.25, 0.3) is 0 Å². The Hall–Kier alpha value is -2.06. The molecule has 0 saturated carbocycles. The van der Waals surface area contributed by atoms with Gasteiger partial charge in [0.25, 0.3) is 0 Å². The molecule has 1 fully saturated rings. The fraction of sp³-hybridized carbons (Fsp3) is 0.750. The molecule has 2 rings (SSSR count). The number of nitrogens with zero attached hydrogens (tertiary/aromatic N) is 1. The smallest absolute Gasteiger partial charge is 0.339 e. The molecule has 8 nitrogen and oxygen atoms in total. The Balaban J connectivity index is 2.59. The van der Waals surface area contributed by atoms with Crippen LogP contribution in [-0.2, 0) is 28.7 Å². The summed E-state index contributed by atoms with van der Waals surface area (Å²) < 4.78 is 11.3. The number of rotatable bonds is 4. The van der Waals surface area contributed by atoms with Gasteiger partial charge >= 0.3 is 5.97 Å². The van der Waals surface area contributed by atoms with Crippen LogP contribution in [0.1, 0.15) is 60.3 Å². The van der Waals surface area contributed by atoms with E-state index in [4.69, 9.17) is 9.47 Å². The average molecular weight is 452 g/mol. The predicted octanol–water partition coefficient (Wildman–Crippen LogP) is 2.07. The van der Waals surface area contributed by atoms with E-state index in [0.29, 0.717) is 19.5 Å². The molecule has 0 radical (unpaired) electrons.